The third-order valence-electron chi connectivity index (χ3n) is 4.41. The smallest absolute Gasteiger partial charge is 0.251 e. The lowest BCUT2D eigenvalue weighted by molar-refractivity contribution is -0.117. The largest absolute Gasteiger partial charge is 0.291 e. The highest BCUT2D eigenvalue weighted by atomic mass is 35.5. The summed E-state index contributed by atoms with van der Waals surface area (Å²) in [4.78, 5) is 18.3. The Kier molecular flexibility index (Phi) is 6.38. The molecule has 0 fully saturated rings. The predicted molar refractivity (Wildman–Crippen MR) is 117 cm³/mol. The second-order valence-electron chi connectivity index (χ2n) is 6.38. The third-order valence-corrected chi connectivity index (χ3v) is 8.00. The van der Waals surface area contributed by atoms with E-state index < -0.39 is 10.0 Å². The van der Waals surface area contributed by atoms with E-state index >= 15 is 0 Å². The van der Waals surface area contributed by atoms with Crippen molar-refractivity contribution in [3.8, 4) is 11.1 Å². The Balaban J connectivity index is 1.75. The van der Waals surface area contributed by atoms with Gasteiger partial charge in [-0.05, 0) is 31.2 Å². The number of sulfonamides is 1. The second-order valence-corrected chi connectivity index (χ2v) is 9.85. The van der Waals surface area contributed by atoms with Crippen molar-refractivity contribution in [2.75, 3.05) is 19.0 Å². The molecule has 29 heavy (non-hydrogen) atoms. The van der Waals surface area contributed by atoms with E-state index in [0.29, 0.717) is 15.8 Å². The minimum absolute atomic E-state index is 0.110. The number of halogens is 1. The Morgan fingerprint density at radius 2 is 1.83 bits per heavy atom. The van der Waals surface area contributed by atoms with Gasteiger partial charge >= 0.3 is 0 Å². The minimum Gasteiger partial charge on any atom is -0.291 e. The molecule has 1 aromatic heterocycles. The van der Waals surface area contributed by atoms with Gasteiger partial charge in [0.25, 0.3) is 10.0 Å². The molecule has 0 atom stereocenters. The monoisotopic (exact) mass is 449 g/mol. The molecule has 152 valence electrons. The van der Waals surface area contributed by atoms with E-state index in [4.69, 9.17) is 11.6 Å². The van der Waals surface area contributed by atoms with Gasteiger partial charge in [-0.25, -0.2) is 18.1 Å². The van der Waals surface area contributed by atoms with Crippen molar-refractivity contribution in [1.82, 2.24) is 9.71 Å². The summed E-state index contributed by atoms with van der Waals surface area (Å²) >= 11 is 7.20. The highest BCUT2D eigenvalue weighted by Crippen LogP contribution is 2.30. The summed E-state index contributed by atoms with van der Waals surface area (Å²) < 4.78 is 26.5. The van der Waals surface area contributed by atoms with Crippen LogP contribution in [0.3, 0.4) is 0 Å². The van der Waals surface area contributed by atoms with Crippen LogP contribution in [0.1, 0.15) is 11.3 Å². The molecule has 1 N–H and O–H groups in total. The van der Waals surface area contributed by atoms with E-state index in [-0.39, 0.29) is 16.5 Å². The molecule has 0 radical (unpaired) electrons. The lowest BCUT2D eigenvalue weighted by Crippen LogP contribution is -2.27. The van der Waals surface area contributed by atoms with Crippen molar-refractivity contribution >= 4 is 44.0 Å². The molecule has 0 aliphatic heterocycles. The fourth-order valence-electron chi connectivity index (χ4n) is 2.75. The number of thiazole rings is 1. The van der Waals surface area contributed by atoms with Gasteiger partial charge in [0.05, 0.1) is 12.1 Å². The van der Waals surface area contributed by atoms with Crippen LogP contribution in [0, 0.1) is 6.92 Å². The molecule has 0 saturated carbocycles. The normalized spacial score (nSPS) is 11.4. The Hall–Kier alpha value is -2.26. The highest BCUT2D eigenvalue weighted by molar-refractivity contribution is 7.91. The van der Waals surface area contributed by atoms with Crippen LogP contribution in [0.4, 0.5) is 5.13 Å². The van der Waals surface area contributed by atoms with Crippen LogP contribution in [-0.2, 0) is 21.2 Å². The molecule has 1 heterocycles. The molecule has 3 rings (SSSR count). The maximum Gasteiger partial charge on any atom is 0.251 e. The van der Waals surface area contributed by atoms with Crippen LogP contribution in [-0.4, -0.2) is 33.4 Å². The van der Waals surface area contributed by atoms with Crippen molar-refractivity contribution in [3.05, 3.63) is 64.8 Å². The molecule has 6 nitrogen and oxygen atoms in total. The molecule has 0 unspecified atom stereocenters. The number of carbonyl (C=O) groups excluding carboxylic acids is 1. The summed E-state index contributed by atoms with van der Waals surface area (Å²) in [6.45, 7) is 1.61. The Morgan fingerprint density at radius 1 is 1.17 bits per heavy atom. The van der Waals surface area contributed by atoms with Crippen LogP contribution < -0.4 is 9.62 Å². The summed E-state index contributed by atoms with van der Waals surface area (Å²) in [6.07, 6.45) is 0.173. The molecule has 0 saturated heterocycles. The molecular weight excluding hydrogens is 430 g/mol. The number of likely N-dealkylation sites (N-methyl/N-ethyl adjacent to an activating group) is 1. The number of aryl methyl sites for hydroxylation is 1. The van der Waals surface area contributed by atoms with Gasteiger partial charge in [-0.1, -0.05) is 65.4 Å². The van der Waals surface area contributed by atoms with Crippen molar-refractivity contribution in [2.45, 2.75) is 17.6 Å². The summed E-state index contributed by atoms with van der Waals surface area (Å²) in [5.41, 5.74) is 3.11. The maximum absolute atomic E-state index is 12.7. The summed E-state index contributed by atoms with van der Waals surface area (Å²) in [7, 11) is -0.669. The number of nitrogens with one attached hydrogen (secondary N) is 1. The third kappa shape index (κ3) is 4.67. The SMILES string of the molecule is CNS(=O)(=O)c1sc(N(C)C(=O)Cc2ccc(-c3ccccc3Cl)cc2)nc1C. The maximum atomic E-state index is 12.7. The van der Waals surface area contributed by atoms with E-state index in [9.17, 15) is 13.2 Å². The number of hydrogen-bond donors (Lipinski definition) is 1. The standard InChI is InChI=1S/C20H20ClN3O3S2/c1-13-19(29(26,27)22-2)28-20(23-13)24(3)18(25)12-14-8-10-15(11-9-14)16-6-4-5-7-17(16)21/h4-11,22H,12H2,1-3H3. The van der Waals surface area contributed by atoms with Gasteiger partial charge in [-0.3, -0.25) is 9.69 Å². The average molecular weight is 450 g/mol. The van der Waals surface area contributed by atoms with Crippen LogP contribution in [0.25, 0.3) is 11.1 Å². The Labute approximate surface area is 179 Å². The zero-order valence-corrected chi connectivity index (χ0v) is 18.5. The van der Waals surface area contributed by atoms with Crippen LogP contribution in [0.5, 0.6) is 0 Å². The first-order valence-corrected chi connectivity index (χ1v) is 11.4. The lowest BCUT2D eigenvalue weighted by atomic mass is 10.0. The average Bonchev–Trinajstić information content (AvgIpc) is 3.11. The highest BCUT2D eigenvalue weighted by Gasteiger charge is 2.23. The fourth-order valence-corrected chi connectivity index (χ4v) is 5.31. The number of amides is 1. The fraction of sp³-hybridized carbons (Fsp3) is 0.200. The van der Waals surface area contributed by atoms with Crippen molar-refractivity contribution in [1.29, 1.82) is 0 Å². The molecular formula is C20H20ClN3O3S2. The van der Waals surface area contributed by atoms with Gasteiger partial charge in [0.15, 0.2) is 9.34 Å². The molecule has 0 spiro atoms. The van der Waals surface area contributed by atoms with Crippen LogP contribution in [0.2, 0.25) is 5.02 Å². The number of hydrogen-bond acceptors (Lipinski definition) is 5. The molecule has 0 aliphatic rings. The minimum atomic E-state index is -3.60. The zero-order valence-electron chi connectivity index (χ0n) is 16.1. The molecule has 2 aromatic carbocycles. The Morgan fingerprint density at radius 3 is 2.45 bits per heavy atom. The van der Waals surface area contributed by atoms with Gasteiger partial charge < -0.3 is 0 Å². The van der Waals surface area contributed by atoms with Crippen LogP contribution in [0.15, 0.2) is 52.7 Å². The number of benzene rings is 2. The van der Waals surface area contributed by atoms with E-state index in [1.165, 1.54) is 11.9 Å². The molecule has 3 aromatic rings. The first kappa shape index (κ1) is 21.4. The van der Waals surface area contributed by atoms with Gasteiger partial charge in [-0.2, -0.15) is 0 Å². The van der Waals surface area contributed by atoms with E-state index in [2.05, 4.69) is 9.71 Å². The summed E-state index contributed by atoms with van der Waals surface area (Å²) in [5, 5.41) is 1.01. The molecule has 0 aliphatic carbocycles. The first-order chi connectivity index (χ1) is 13.7. The van der Waals surface area contributed by atoms with Crippen molar-refractivity contribution < 1.29 is 13.2 Å². The number of aromatic nitrogens is 1. The second kappa shape index (κ2) is 8.62. The molecule has 0 bridgehead atoms. The van der Waals surface area contributed by atoms with Crippen molar-refractivity contribution in [3.63, 3.8) is 0 Å². The number of carbonyl (C=O) groups is 1. The number of anilines is 1. The Bertz CT molecular complexity index is 1140. The van der Waals surface area contributed by atoms with E-state index in [1.807, 2.05) is 48.5 Å². The van der Waals surface area contributed by atoms with E-state index in [1.54, 1.807) is 14.0 Å². The quantitative estimate of drug-likeness (QED) is 0.619. The van der Waals surface area contributed by atoms with Crippen LogP contribution >= 0.6 is 22.9 Å². The summed E-state index contributed by atoms with van der Waals surface area (Å²) in [5.74, 6) is -0.183. The van der Waals surface area contributed by atoms with E-state index in [0.717, 1.165) is 28.0 Å². The molecule has 9 heteroatoms. The van der Waals surface area contributed by atoms with Gasteiger partial charge in [-0.15, -0.1) is 0 Å². The zero-order chi connectivity index (χ0) is 21.2. The van der Waals surface area contributed by atoms with Gasteiger partial charge in [0.2, 0.25) is 5.91 Å². The van der Waals surface area contributed by atoms with Crippen molar-refractivity contribution in [2.24, 2.45) is 0 Å². The number of nitrogens with zero attached hydrogens (tertiary/aromatic N) is 2. The van der Waals surface area contributed by atoms with Gasteiger partial charge in [0, 0.05) is 17.6 Å². The lowest BCUT2D eigenvalue weighted by Gasteiger charge is -2.14. The van der Waals surface area contributed by atoms with Gasteiger partial charge in [0.1, 0.15) is 0 Å². The summed E-state index contributed by atoms with van der Waals surface area (Å²) in [6, 6.07) is 15.2. The predicted octanol–water partition coefficient (Wildman–Crippen LogP) is 3.89. The topological polar surface area (TPSA) is 79.4 Å². The first-order valence-electron chi connectivity index (χ1n) is 8.74. The molecule has 1 amide bonds. The number of rotatable bonds is 6.